The monoisotopic (exact) mass is 428 g/mol. The Kier molecular flexibility index (Phi) is 6.94. The zero-order valence-corrected chi connectivity index (χ0v) is 17.1. The molecule has 7 heteroatoms. The molecular weight excluding hydrogens is 405 g/mol. The molecule has 152 valence electrons. The summed E-state index contributed by atoms with van der Waals surface area (Å²) in [6, 6.07) is 11.0. The van der Waals surface area contributed by atoms with Gasteiger partial charge in [-0.05, 0) is 36.2 Å². The van der Waals surface area contributed by atoms with Gasteiger partial charge in [-0.15, -0.1) is 0 Å². The van der Waals surface area contributed by atoms with Gasteiger partial charge in [-0.1, -0.05) is 48.3 Å². The van der Waals surface area contributed by atoms with Crippen LogP contribution in [0.4, 0.5) is 8.78 Å². The van der Waals surface area contributed by atoms with Gasteiger partial charge in [0.1, 0.15) is 11.6 Å². The van der Waals surface area contributed by atoms with Crippen molar-refractivity contribution in [2.75, 3.05) is 19.8 Å². The minimum atomic E-state index is -0.338. The summed E-state index contributed by atoms with van der Waals surface area (Å²) >= 11 is 11.3. The van der Waals surface area contributed by atoms with E-state index in [-0.39, 0.29) is 40.1 Å². The minimum Gasteiger partial charge on any atom is -0.380 e. The Labute approximate surface area is 174 Å². The molecule has 28 heavy (non-hydrogen) atoms. The van der Waals surface area contributed by atoms with Crippen molar-refractivity contribution in [2.24, 2.45) is 11.1 Å². The summed E-state index contributed by atoms with van der Waals surface area (Å²) in [7, 11) is 0. The number of halogens is 4. The van der Waals surface area contributed by atoms with E-state index < -0.39 is 0 Å². The molecule has 2 aliphatic heterocycles. The van der Waals surface area contributed by atoms with E-state index in [1.807, 2.05) is 0 Å². The summed E-state index contributed by atoms with van der Waals surface area (Å²) in [6.45, 7) is 4.47. The molecule has 0 radical (unpaired) electrons. The first kappa shape index (κ1) is 21.5. The van der Waals surface area contributed by atoms with Crippen LogP contribution in [0.5, 0.6) is 0 Å². The fraction of sp³-hybridized carbons (Fsp3) is 0.429. The summed E-state index contributed by atoms with van der Waals surface area (Å²) < 4.78 is 31.5. The molecule has 4 rings (SSSR count). The zero-order valence-electron chi connectivity index (χ0n) is 15.6. The summed E-state index contributed by atoms with van der Waals surface area (Å²) in [6.07, 6.45) is 0.965. The van der Waals surface area contributed by atoms with Gasteiger partial charge in [-0.3, -0.25) is 0 Å². The van der Waals surface area contributed by atoms with Crippen molar-refractivity contribution in [1.29, 1.82) is 0 Å². The van der Waals surface area contributed by atoms with Crippen molar-refractivity contribution in [3.63, 3.8) is 0 Å². The van der Waals surface area contributed by atoms with Crippen LogP contribution in [0.15, 0.2) is 42.5 Å². The van der Waals surface area contributed by atoms with Gasteiger partial charge in [0.05, 0.1) is 18.2 Å². The number of rotatable bonds is 3. The number of nitrogens with one attached hydrogen (secondary N) is 1. The van der Waals surface area contributed by atoms with Gasteiger partial charge in [-0.2, -0.15) is 0 Å². The van der Waals surface area contributed by atoms with Crippen molar-refractivity contribution in [2.45, 2.75) is 31.3 Å². The van der Waals surface area contributed by atoms with Crippen LogP contribution in [0.1, 0.15) is 24.8 Å². The van der Waals surface area contributed by atoms with Crippen LogP contribution in [0.3, 0.4) is 0 Å². The molecule has 2 saturated heterocycles. The highest BCUT2D eigenvalue weighted by Crippen LogP contribution is 2.37. The van der Waals surface area contributed by atoms with Gasteiger partial charge in [-0.25, -0.2) is 8.78 Å². The lowest BCUT2D eigenvalue weighted by molar-refractivity contribution is -0.109. The van der Waals surface area contributed by atoms with Gasteiger partial charge in [0.25, 0.3) is 0 Å². The largest absolute Gasteiger partial charge is 0.380 e. The fourth-order valence-electron chi connectivity index (χ4n) is 3.72. The minimum absolute atomic E-state index is 0.0247. The molecule has 0 saturated carbocycles. The first-order chi connectivity index (χ1) is 13.3. The third kappa shape index (κ3) is 5.02. The molecule has 2 aliphatic rings. The van der Waals surface area contributed by atoms with E-state index in [1.165, 1.54) is 12.1 Å². The molecular formula is C21H24Cl2F2N2O. The molecule has 2 heterocycles. The lowest BCUT2D eigenvalue weighted by Crippen LogP contribution is -2.48. The maximum atomic E-state index is 14.1. The van der Waals surface area contributed by atoms with Crippen molar-refractivity contribution in [1.82, 2.24) is 5.32 Å². The molecule has 2 fully saturated rings. The third-order valence-corrected chi connectivity index (χ3v) is 5.84. The predicted octanol–water partition coefficient (Wildman–Crippen LogP) is 4.77. The fourth-order valence-corrected chi connectivity index (χ4v) is 4.08. The Morgan fingerprint density at radius 2 is 1.89 bits per heavy atom. The third-order valence-electron chi connectivity index (χ3n) is 5.31. The molecule has 3 nitrogen and oxygen atoms in total. The van der Waals surface area contributed by atoms with E-state index in [4.69, 9.17) is 33.7 Å². The zero-order chi connectivity index (χ0) is 20.3. The van der Waals surface area contributed by atoms with E-state index in [2.05, 4.69) is 12.2 Å². The lowest BCUT2D eigenvalue weighted by atomic mass is 9.79. The molecule has 0 bridgehead atoms. The molecule has 3 N–H and O–H groups in total. The van der Waals surface area contributed by atoms with E-state index in [9.17, 15) is 8.78 Å². The van der Waals surface area contributed by atoms with E-state index in [1.54, 1.807) is 30.3 Å². The van der Waals surface area contributed by atoms with Crippen LogP contribution in [0.25, 0.3) is 0 Å². The number of nitrogens with two attached hydrogens (primary N) is 1. The highest BCUT2D eigenvalue weighted by molar-refractivity contribution is 6.31. The second-order valence-corrected chi connectivity index (χ2v) is 8.63. The van der Waals surface area contributed by atoms with Crippen LogP contribution >= 0.6 is 23.2 Å². The number of hydrogen-bond acceptors (Lipinski definition) is 3. The molecule has 0 aromatic heterocycles. The number of benzene rings is 2. The smallest absolute Gasteiger partial charge is 0.145 e. The highest BCUT2D eigenvalue weighted by atomic mass is 35.5. The first-order valence-corrected chi connectivity index (χ1v) is 9.96. The van der Waals surface area contributed by atoms with E-state index in [0.29, 0.717) is 17.1 Å². The molecule has 3 unspecified atom stereocenters. The first-order valence-electron chi connectivity index (χ1n) is 9.21. The van der Waals surface area contributed by atoms with Crippen LogP contribution in [0.2, 0.25) is 10.0 Å². The van der Waals surface area contributed by atoms with Gasteiger partial charge in [0.15, 0.2) is 0 Å². The quantitative estimate of drug-likeness (QED) is 0.739. The van der Waals surface area contributed by atoms with Gasteiger partial charge >= 0.3 is 0 Å². The highest BCUT2D eigenvalue weighted by Gasteiger charge is 2.42. The van der Waals surface area contributed by atoms with E-state index >= 15 is 0 Å². The molecule has 3 atom stereocenters. The van der Waals surface area contributed by atoms with Crippen molar-refractivity contribution >= 4 is 23.2 Å². The van der Waals surface area contributed by atoms with Crippen molar-refractivity contribution in [3.8, 4) is 0 Å². The van der Waals surface area contributed by atoms with Gasteiger partial charge < -0.3 is 15.8 Å². The van der Waals surface area contributed by atoms with Gasteiger partial charge in [0, 0.05) is 35.0 Å². The maximum absolute atomic E-state index is 14.1. The maximum Gasteiger partial charge on any atom is 0.145 e. The Hall–Kier alpha value is -1.24. The molecule has 2 aromatic rings. The van der Waals surface area contributed by atoms with Gasteiger partial charge in [0.2, 0.25) is 0 Å². The Bertz CT molecular complexity index is 799. The molecule has 0 spiro atoms. The number of hydrogen-bond donors (Lipinski definition) is 2. The molecule has 0 aliphatic carbocycles. The van der Waals surface area contributed by atoms with Crippen molar-refractivity contribution in [3.05, 3.63) is 69.7 Å². The summed E-state index contributed by atoms with van der Waals surface area (Å²) in [5.74, 6) is -0.656. The van der Waals surface area contributed by atoms with Crippen LogP contribution < -0.4 is 11.1 Å². The van der Waals surface area contributed by atoms with Crippen LogP contribution in [0, 0.1) is 17.0 Å². The Balaban J connectivity index is 0.000000236. The summed E-state index contributed by atoms with van der Waals surface area (Å²) in [5, 5.41) is 4.04. The molecule has 2 aromatic carbocycles. The van der Waals surface area contributed by atoms with E-state index in [0.717, 1.165) is 19.6 Å². The summed E-state index contributed by atoms with van der Waals surface area (Å²) in [4.78, 5) is 0. The second kappa shape index (κ2) is 9.06. The average Bonchev–Trinajstić information content (AvgIpc) is 2.97. The second-order valence-electron chi connectivity index (χ2n) is 7.79. The SMILES string of the molecule is CC1(CC2NCC(c3cccc(Cl)c3F)C2N)COC1.Fc1cccc(Cl)c1. The Morgan fingerprint density at radius 3 is 2.46 bits per heavy atom. The molecule has 0 amide bonds. The van der Waals surface area contributed by atoms with Crippen molar-refractivity contribution < 1.29 is 13.5 Å². The standard InChI is InChI=1S/C15H20ClFN2O.C6H4ClF/c1-15(7-20-8-15)5-12-14(18)10(6-19-12)9-3-2-4-11(16)13(9)17;7-5-2-1-3-6(8)4-5/h2-4,10,12,14,19H,5-8,18H2,1H3;1-4H. The lowest BCUT2D eigenvalue weighted by Gasteiger charge is -2.40. The number of ether oxygens (including phenoxy) is 1. The Morgan fingerprint density at radius 1 is 1.18 bits per heavy atom. The topological polar surface area (TPSA) is 47.3 Å². The van der Waals surface area contributed by atoms with Crippen LogP contribution in [-0.4, -0.2) is 31.8 Å². The van der Waals surface area contributed by atoms with Crippen LogP contribution in [-0.2, 0) is 4.74 Å². The normalized spacial score (nSPS) is 25.6. The summed E-state index contributed by atoms with van der Waals surface area (Å²) in [5.41, 5.74) is 7.17. The average molecular weight is 429 g/mol. The predicted molar refractivity (Wildman–Crippen MR) is 109 cm³/mol.